The average Bonchev–Trinajstić information content (AvgIpc) is 2.78. The molecular weight excluding hydrogens is 535 g/mol. The number of nitrogens with zero attached hydrogens (tertiary/aromatic N) is 2. The molecule has 0 aliphatic rings. The molecule has 2 aromatic carbocycles. The Hall–Kier alpha value is -2.57. The minimum Gasteiger partial charge on any atom is -0.301 e. The molecule has 0 N–H and O–H groups in total. The molecule has 146 valence electrons. The molecule has 2 aromatic heterocycles. The fourth-order valence-corrected chi connectivity index (χ4v) is 3.26. The SMILES string of the molecule is [Pt+2].[c-]1ccccc1-c1cccc(CCCCc2cccc(-c3[c-]cccc3)n2)n1. The molecule has 0 radical (unpaired) electrons. The van der Waals surface area contributed by atoms with Crippen LogP contribution in [0, 0.1) is 12.1 Å². The third-order valence-electron chi connectivity index (χ3n) is 4.70. The first-order chi connectivity index (χ1) is 13.9. The predicted molar refractivity (Wildman–Crippen MR) is 114 cm³/mol. The Kier molecular flexibility index (Phi) is 7.90. The summed E-state index contributed by atoms with van der Waals surface area (Å²) < 4.78 is 0. The van der Waals surface area contributed by atoms with E-state index in [0.717, 1.165) is 59.6 Å². The summed E-state index contributed by atoms with van der Waals surface area (Å²) in [4.78, 5) is 9.58. The molecule has 0 aliphatic carbocycles. The molecule has 3 heteroatoms. The van der Waals surface area contributed by atoms with Crippen molar-refractivity contribution in [2.24, 2.45) is 0 Å². The molecule has 0 unspecified atom stereocenters. The zero-order valence-corrected chi connectivity index (χ0v) is 18.4. The maximum Gasteiger partial charge on any atom is 2.00 e. The van der Waals surface area contributed by atoms with Crippen LogP contribution in [0.3, 0.4) is 0 Å². The number of rotatable bonds is 7. The van der Waals surface area contributed by atoms with Gasteiger partial charge in [-0.05, 0) is 49.2 Å². The summed E-state index contributed by atoms with van der Waals surface area (Å²) in [6, 6.07) is 34.9. The van der Waals surface area contributed by atoms with Gasteiger partial charge in [-0.15, -0.1) is 71.8 Å². The van der Waals surface area contributed by atoms with E-state index in [1.807, 2.05) is 48.5 Å². The van der Waals surface area contributed by atoms with Crippen LogP contribution < -0.4 is 0 Å². The quantitative estimate of drug-likeness (QED) is 0.207. The van der Waals surface area contributed by atoms with Gasteiger partial charge in [0, 0.05) is 11.4 Å². The van der Waals surface area contributed by atoms with E-state index in [-0.39, 0.29) is 21.1 Å². The van der Waals surface area contributed by atoms with Crippen molar-refractivity contribution in [2.75, 3.05) is 0 Å². The maximum atomic E-state index is 4.79. The van der Waals surface area contributed by atoms with Crippen molar-refractivity contribution in [3.05, 3.63) is 108 Å². The van der Waals surface area contributed by atoms with Gasteiger partial charge in [0.15, 0.2) is 0 Å². The molecule has 0 saturated carbocycles. The summed E-state index contributed by atoms with van der Waals surface area (Å²) in [7, 11) is 0. The van der Waals surface area contributed by atoms with E-state index < -0.39 is 0 Å². The second-order valence-corrected chi connectivity index (χ2v) is 6.79. The summed E-state index contributed by atoms with van der Waals surface area (Å²) in [5.41, 5.74) is 6.34. The molecule has 0 saturated heterocycles. The smallest absolute Gasteiger partial charge is 0.301 e. The minimum atomic E-state index is 0. The van der Waals surface area contributed by atoms with Crippen LogP contribution in [0.1, 0.15) is 24.2 Å². The molecule has 0 amide bonds. The Morgan fingerprint density at radius 3 is 1.45 bits per heavy atom. The van der Waals surface area contributed by atoms with Gasteiger partial charge in [0.1, 0.15) is 0 Å². The van der Waals surface area contributed by atoms with Gasteiger partial charge >= 0.3 is 21.1 Å². The van der Waals surface area contributed by atoms with Crippen LogP contribution in [-0.2, 0) is 33.9 Å². The second kappa shape index (κ2) is 10.8. The first-order valence-corrected chi connectivity index (χ1v) is 9.74. The summed E-state index contributed by atoms with van der Waals surface area (Å²) in [6.07, 6.45) is 4.15. The second-order valence-electron chi connectivity index (χ2n) is 6.79. The summed E-state index contributed by atoms with van der Waals surface area (Å²) in [6.45, 7) is 0. The number of hydrogen-bond acceptors (Lipinski definition) is 2. The number of pyridine rings is 2. The van der Waals surface area contributed by atoms with Crippen molar-refractivity contribution in [3.63, 3.8) is 0 Å². The predicted octanol–water partition coefficient (Wildman–Crippen LogP) is 5.97. The molecule has 2 heterocycles. The number of unbranched alkanes of at least 4 members (excludes halogenated alkanes) is 1. The molecule has 0 bridgehead atoms. The van der Waals surface area contributed by atoms with Gasteiger partial charge in [-0.1, -0.05) is 24.3 Å². The van der Waals surface area contributed by atoms with Gasteiger partial charge in [-0.2, -0.15) is 0 Å². The van der Waals surface area contributed by atoms with Crippen LogP contribution in [0.2, 0.25) is 0 Å². The van der Waals surface area contributed by atoms with Crippen LogP contribution in [0.25, 0.3) is 22.5 Å². The first kappa shape index (κ1) is 21.1. The van der Waals surface area contributed by atoms with Crippen molar-refractivity contribution in [2.45, 2.75) is 25.7 Å². The van der Waals surface area contributed by atoms with E-state index in [9.17, 15) is 0 Å². The molecule has 2 nitrogen and oxygen atoms in total. The van der Waals surface area contributed by atoms with Crippen LogP contribution in [0.5, 0.6) is 0 Å². The normalized spacial score (nSPS) is 10.3. The zero-order valence-electron chi connectivity index (χ0n) is 16.1. The number of aryl methyl sites for hydroxylation is 2. The summed E-state index contributed by atoms with van der Waals surface area (Å²) in [5, 5.41) is 0. The zero-order chi connectivity index (χ0) is 19.0. The molecule has 0 fully saturated rings. The summed E-state index contributed by atoms with van der Waals surface area (Å²) in [5.74, 6) is 0. The van der Waals surface area contributed by atoms with E-state index in [4.69, 9.17) is 9.97 Å². The number of hydrogen-bond donors (Lipinski definition) is 0. The topological polar surface area (TPSA) is 25.8 Å². The largest absolute Gasteiger partial charge is 2.00 e. The van der Waals surface area contributed by atoms with Gasteiger partial charge in [0.25, 0.3) is 0 Å². The Morgan fingerprint density at radius 2 is 1.03 bits per heavy atom. The molecule has 4 rings (SSSR count). The molecule has 0 atom stereocenters. The van der Waals surface area contributed by atoms with Gasteiger partial charge in [0.05, 0.1) is 0 Å². The molecule has 4 aromatic rings. The maximum absolute atomic E-state index is 4.79. The van der Waals surface area contributed by atoms with Crippen molar-refractivity contribution in [3.8, 4) is 22.5 Å². The van der Waals surface area contributed by atoms with Crippen LogP contribution in [-0.4, -0.2) is 9.97 Å². The van der Waals surface area contributed by atoms with Crippen molar-refractivity contribution in [1.29, 1.82) is 0 Å². The van der Waals surface area contributed by atoms with Crippen LogP contribution in [0.4, 0.5) is 0 Å². The fraction of sp³-hybridized carbons (Fsp3) is 0.154. The van der Waals surface area contributed by atoms with E-state index >= 15 is 0 Å². The molecular formula is C26H22N2Pt. The van der Waals surface area contributed by atoms with Crippen LogP contribution >= 0.6 is 0 Å². The van der Waals surface area contributed by atoms with Crippen molar-refractivity contribution < 1.29 is 21.1 Å². The monoisotopic (exact) mass is 557 g/mol. The number of aromatic nitrogens is 2. The Labute approximate surface area is 187 Å². The van der Waals surface area contributed by atoms with E-state index in [1.54, 1.807) is 0 Å². The standard InChI is InChI=1S/C26H22N2.Pt/c1-3-11-21(12-4-1)25-19-9-17-23(27-25)15-7-8-16-24-18-10-20-26(28-24)22-13-5-2-6-14-22;/h1-6,9-11,13,17-20H,7-8,15-16H2;/q-2;+2. The first-order valence-electron chi connectivity index (χ1n) is 9.74. The molecule has 29 heavy (non-hydrogen) atoms. The fourth-order valence-electron chi connectivity index (χ4n) is 3.26. The average molecular weight is 558 g/mol. The van der Waals surface area contributed by atoms with Crippen molar-refractivity contribution >= 4 is 0 Å². The van der Waals surface area contributed by atoms with Gasteiger partial charge in [-0.3, -0.25) is 0 Å². The van der Waals surface area contributed by atoms with Gasteiger partial charge in [-0.25, -0.2) is 0 Å². The Balaban J connectivity index is 0.00000240. The molecule has 0 aliphatic heterocycles. The van der Waals surface area contributed by atoms with E-state index in [1.165, 1.54) is 0 Å². The van der Waals surface area contributed by atoms with Gasteiger partial charge < -0.3 is 9.97 Å². The third-order valence-corrected chi connectivity index (χ3v) is 4.70. The molecule has 0 spiro atoms. The van der Waals surface area contributed by atoms with Crippen molar-refractivity contribution in [1.82, 2.24) is 9.97 Å². The van der Waals surface area contributed by atoms with E-state index in [2.05, 4.69) is 48.5 Å². The summed E-state index contributed by atoms with van der Waals surface area (Å²) >= 11 is 0. The third kappa shape index (κ3) is 5.95. The Morgan fingerprint density at radius 1 is 0.552 bits per heavy atom. The van der Waals surface area contributed by atoms with Gasteiger partial charge in [0.2, 0.25) is 0 Å². The Bertz CT molecular complexity index is 932. The number of benzene rings is 2. The minimum absolute atomic E-state index is 0. The van der Waals surface area contributed by atoms with Crippen LogP contribution in [0.15, 0.2) is 84.9 Å². The van der Waals surface area contributed by atoms with E-state index in [0.29, 0.717) is 0 Å².